The summed E-state index contributed by atoms with van der Waals surface area (Å²) < 4.78 is 0.461. The van der Waals surface area contributed by atoms with E-state index in [4.69, 9.17) is 0 Å². The molecule has 2 heteroatoms. The Bertz CT molecular complexity index is 76.1. The van der Waals surface area contributed by atoms with E-state index in [-0.39, 0.29) is 0 Å². The van der Waals surface area contributed by atoms with E-state index in [0.717, 1.165) is 6.29 Å². The fourth-order valence-electron chi connectivity index (χ4n) is 0.198. The molecule has 0 saturated carbocycles. The minimum atomic E-state index is 0.461. The third kappa shape index (κ3) is 6.14. The van der Waals surface area contributed by atoms with Crippen LogP contribution in [0.3, 0.4) is 0 Å². The summed E-state index contributed by atoms with van der Waals surface area (Å²) in [5, 5.41) is 0. The quantitative estimate of drug-likeness (QED) is 0.292. The predicted octanol–water partition coefficient (Wildman–Crippen LogP) is 1.56. The van der Waals surface area contributed by atoms with Gasteiger partial charge in [0, 0.05) is 3.92 Å². The van der Waals surface area contributed by atoms with E-state index < -0.39 is 0 Å². The van der Waals surface area contributed by atoms with Crippen molar-refractivity contribution in [2.75, 3.05) is 0 Å². The summed E-state index contributed by atoms with van der Waals surface area (Å²) in [6.45, 7) is 2.01. The molecule has 7 heavy (non-hydrogen) atoms. The zero-order chi connectivity index (χ0) is 5.70. The van der Waals surface area contributed by atoms with E-state index >= 15 is 0 Å². The molecule has 0 aliphatic rings. The maximum atomic E-state index is 9.62. The third-order valence-electron chi connectivity index (χ3n) is 0.455. The van der Waals surface area contributed by atoms with Gasteiger partial charge in [-0.3, -0.25) is 4.79 Å². The summed E-state index contributed by atoms with van der Waals surface area (Å²) in [5.41, 5.74) is 0. The summed E-state index contributed by atoms with van der Waals surface area (Å²) in [6, 6.07) is 0. The summed E-state index contributed by atoms with van der Waals surface area (Å²) >= 11 is 2.22. The Balaban J connectivity index is 3.25. The molecule has 0 amide bonds. The van der Waals surface area contributed by atoms with Gasteiger partial charge in [0.05, 0.1) is 0 Å². The highest BCUT2D eigenvalue weighted by Crippen LogP contribution is 1.97. The van der Waals surface area contributed by atoms with Crippen molar-refractivity contribution in [2.24, 2.45) is 0 Å². The molecule has 0 radical (unpaired) electrons. The highest BCUT2D eigenvalue weighted by atomic mass is 127. The van der Waals surface area contributed by atoms with Gasteiger partial charge in [0.15, 0.2) is 0 Å². The van der Waals surface area contributed by atoms with Crippen LogP contribution in [0.1, 0.15) is 6.92 Å². The Kier molecular flexibility index (Phi) is 4.39. The predicted molar refractivity (Wildman–Crippen MR) is 38.7 cm³/mol. The lowest BCUT2D eigenvalue weighted by molar-refractivity contribution is -0.104. The standard InChI is InChI=1S/C5H7IO/c1-5(6)3-2-4-7/h2-5H,1H3/b3-2+. The number of carbonyl (C=O) groups excluding carboxylic acids is 1. The molecule has 0 aromatic heterocycles. The third-order valence-corrected chi connectivity index (χ3v) is 0.870. The van der Waals surface area contributed by atoms with Crippen LogP contribution in [-0.2, 0) is 4.79 Å². The van der Waals surface area contributed by atoms with Gasteiger partial charge in [0.1, 0.15) is 6.29 Å². The van der Waals surface area contributed by atoms with Crippen molar-refractivity contribution in [2.45, 2.75) is 10.8 Å². The van der Waals surface area contributed by atoms with Crippen molar-refractivity contribution in [3.8, 4) is 0 Å². The SMILES string of the molecule is CC(I)/C=C/C=O. The second kappa shape index (κ2) is 4.30. The fourth-order valence-corrected chi connectivity index (χ4v) is 0.438. The van der Waals surface area contributed by atoms with E-state index in [9.17, 15) is 4.79 Å². The van der Waals surface area contributed by atoms with E-state index in [2.05, 4.69) is 22.6 Å². The second-order valence-electron chi connectivity index (χ2n) is 1.20. The number of halogens is 1. The highest BCUT2D eigenvalue weighted by Gasteiger charge is 1.80. The molecule has 0 aliphatic carbocycles. The molecule has 0 aromatic rings. The first kappa shape index (κ1) is 7.14. The van der Waals surface area contributed by atoms with Gasteiger partial charge < -0.3 is 0 Å². The molecule has 0 aromatic carbocycles. The van der Waals surface area contributed by atoms with Crippen LogP contribution in [0.5, 0.6) is 0 Å². The average Bonchev–Trinajstić information content (AvgIpc) is 1.61. The molecule has 0 fully saturated rings. The summed E-state index contributed by atoms with van der Waals surface area (Å²) in [7, 11) is 0. The smallest absolute Gasteiger partial charge is 0.142 e. The Morgan fingerprint density at radius 3 is 2.43 bits per heavy atom. The maximum Gasteiger partial charge on any atom is 0.142 e. The lowest BCUT2D eigenvalue weighted by Crippen LogP contribution is -1.78. The minimum Gasteiger partial charge on any atom is -0.299 e. The molecular formula is C5H7IO. The number of alkyl halides is 1. The Morgan fingerprint density at radius 2 is 2.29 bits per heavy atom. The van der Waals surface area contributed by atoms with Crippen molar-refractivity contribution in [3.05, 3.63) is 12.2 Å². The molecule has 1 unspecified atom stereocenters. The summed E-state index contributed by atoms with van der Waals surface area (Å²) in [5.74, 6) is 0. The number of hydrogen-bond donors (Lipinski definition) is 0. The van der Waals surface area contributed by atoms with Crippen molar-refractivity contribution in [1.29, 1.82) is 0 Å². The van der Waals surface area contributed by atoms with Gasteiger partial charge in [0.25, 0.3) is 0 Å². The van der Waals surface area contributed by atoms with Crippen LogP contribution in [0.25, 0.3) is 0 Å². The average molecular weight is 210 g/mol. The molecule has 0 saturated heterocycles. The molecule has 0 aliphatic heterocycles. The van der Waals surface area contributed by atoms with E-state index in [1.165, 1.54) is 6.08 Å². The van der Waals surface area contributed by atoms with Gasteiger partial charge in [-0.25, -0.2) is 0 Å². The molecule has 0 rings (SSSR count). The van der Waals surface area contributed by atoms with Crippen LogP contribution in [0.4, 0.5) is 0 Å². The molecule has 40 valence electrons. The number of allylic oxidation sites excluding steroid dienone is 2. The monoisotopic (exact) mass is 210 g/mol. The number of aldehydes is 1. The molecule has 1 nitrogen and oxygen atoms in total. The molecule has 0 heterocycles. The zero-order valence-electron chi connectivity index (χ0n) is 4.10. The molecular weight excluding hydrogens is 203 g/mol. The van der Waals surface area contributed by atoms with Crippen molar-refractivity contribution < 1.29 is 4.79 Å². The van der Waals surface area contributed by atoms with E-state index in [0.29, 0.717) is 3.92 Å². The van der Waals surface area contributed by atoms with Crippen LogP contribution < -0.4 is 0 Å². The van der Waals surface area contributed by atoms with Crippen LogP contribution in [-0.4, -0.2) is 10.2 Å². The van der Waals surface area contributed by atoms with Gasteiger partial charge in [-0.1, -0.05) is 28.7 Å². The first-order valence-electron chi connectivity index (χ1n) is 2.03. The fraction of sp³-hybridized carbons (Fsp3) is 0.400. The second-order valence-corrected chi connectivity index (χ2v) is 3.16. The van der Waals surface area contributed by atoms with Gasteiger partial charge in [0.2, 0.25) is 0 Å². The molecule has 0 spiro atoms. The first-order chi connectivity index (χ1) is 3.27. The van der Waals surface area contributed by atoms with Gasteiger partial charge in [-0.05, 0) is 13.0 Å². The Morgan fingerprint density at radius 1 is 1.71 bits per heavy atom. The maximum absolute atomic E-state index is 9.62. The van der Waals surface area contributed by atoms with Crippen LogP contribution >= 0.6 is 22.6 Å². The lowest BCUT2D eigenvalue weighted by Gasteiger charge is -1.84. The van der Waals surface area contributed by atoms with Crippen LogP contribution in [0.15, 0.2) is 12.2 Å². The number of hydrogen-bond acceptors (Lipinski definition) is 1. The normalized spacial score (nSPS) is 14.6. The molecule has 1 atom stereocenters. The minimum absolute atomic E-state index is 0.461. The number of rotatable bonds is 2. The summed E-state index contributed by atoms with van der Waals surface area (Å²) in [4.78, 5) is 9.62. The van der Waals surface area contributed by atoms with Crippen molar-refractivity contribution >= 4 is 28.9 Å². The number of carbonyl (C=O) groups is 1. The van der Waals surface area contributed by atoms with Crippen molar-refractivity contribution in [1.82, 2.24) is 0 Å². The topological polar surface area (TPSA) is 17.1 Å². The summed E-state index contributed by atoms with van der Waals surface area (Å²) in [6.07, 6.45) is 4.14. The first-order valence-corrected chi connectivity index (χ1v) is 3.28. The Hall–Kier alpha value is 0.140. The van der Waals surface area contributed by atoms with E-state index in [1.807, 2.05) is 13.0 Å². The van der Waals surface area contributed by atoms with E-state index in [1.54, 1.807) is 0 Å². The molecule has 0 N–H and O–H groups in total. The van der Waals surface area contributed by atoms with Gasteiger partial charge in [-0.2, -0.15) is 0 Å². The highest BCUT2D eigenvalue weighted by molar-refractivity contribution is 14.1. The van der Waals surface area contributed by atoms with Gasteiger partial charge in [-0.15, -0.1) is 0 Å². The van der Waals surface area contributed by atoms with Crippen molar-refractivity contribution in [3.63, 3.8) is 0 Å². The van der Waals surface area contributed by atoms with Crippen LogP contribution in [0.2, 0.25) is 0 Å². The van der Waals surface area contributed by atoms with Gasteiger partial charge >= 0.3 is 0 Å². The zero-order valence-corrected chi connectivity index (χ0v) is 6.25. The Labute approximate surface area is 56.9 Å². The van der Waals surface area contributed by atoms with Crippen LogP contribution in [0, 0.1) is 0 Å². The lowest BCUT2D eigenvalue weighted by atomic mass is 10.4. The largest absolute Gasteiger partial charge is 0.299 e. The molecule has 0 bridgehead atoms.